The Hall–Kier alpha value is -2.70. The fraction of sp³-hybridized carbons (Fsp3) is 0.0556. The molecule has 0 bridgehead atoms. The first kappa shape index (κ1) is 15.8. The lowest BCUT2D eigenvalue weighted by atomic mass is 10.2. The molecule has 0 aliphatic rings. The molecule has 0 saturated heterocycles. The first-order chi connectivity index (χ1) is 12.1. The number of aryl methyl sites for hydroxylation is 1. The highest BCUT2D eigenvalue weighted by molar-refractivity contribution is 7.22. The zero-order chi connectivity index (χ0) is 17.4. The van der Waals surface area contributed by atoms with Crippen LogP contribution in [-0.2, 0) is 0 Å². The third-order valence-corrected chi connectivity index (χ3v) is 5.00. The molecule has 4 rings (SSSR count). The van der Waals surface area contributed by atoms with Crippen LogP contribution in [0.2, 0.25) is 5.02 Å². The van der Waals surface area contributed by atoms with Gasteiger partial charge in [-0.15, -0.1) is 0 Å². The van der Waals surface area contributed by atoms with Crippen molar-refractivity contribution in [3.05, 3.63) is 75.8 Å². The smallest absolute Gasteiger partial charge is 0.277 e. The van der Waals surface area contributed by atoms with Crippen LogP contribution in [0.1, 0.15) is 5.56 Å². The molecule has 2 aromatic heterocycles. The molecule has 5 nitrogen and oxygen atoms in total. The minimum atomic E-state index is -0.187. The molecule has 0 unspecified atom stereocenters. The number of fused-ring (bicyclic) bond motifs is 1. The van der Waals surface area contributed by atoms with Gasteiger partial charge in [0.25, 0.3) is 5.56 Å². The van der Waals surface area contributed by atoms with Crippen molar-refractivity contribution in [1.29, 1.82) is 0 Å². The van der Waals surface area contributed by atoms with Gasteiger partial charge in [0, 0.05) is 5.69 Å². The lowest BCUT2D eigenvalue weighted by Gasteiger charge is -2.06. The van der Waals surface area contributed by atoms with Crippen LogP contribution in [0.25, 0.3) is 16.0 Å². The highest BCUT2D eigenvalue weighted by Gasteiger charge is 2.13. The van der Waals surface area contributed by atoms with E-state index in [1.165, 1.54) is 27.8 Å². The molecule has 25 heavy (non-hydrogen) atoms. The molecule has 0 fully saturated rings. The molecule has 0 aliphatic heterocycles. The number of thiazole rings is 1. The second-order valence-corrected chi connectivity index (χ2v) is 6.94. The van der Waals surface area contributed by atoms with E-state index in [-0.39, 0.29) is 5.56 Å². The molecule has 0 spiro atoms. The Bertz CT molecular complexity index is 1120. The van der Waals surface area contributed by atoms with Crippen molar-refractivity contribution in [2.24, 2.45) is 0 Å². The van der Waals surface area contributed by atoms with E-state index in [1.54, 1.807) is 12.1 Å². The summed E-state index contributed by atoms with van der Waals surface area (Å²) in [5, 5.41) is 4.33. The third kappa shape index (κ3) is 3.01. The van der Waals surface area contributed by atoms with Crippen LogP contribution < -0.4 is 10.9 Å². The van der Waals surface area contributed by atoms with Gasteiger partial charge < -0.3 is 5.32 Å². The van der Waals surface area contributed by atoms with Gasteiger partial charge in [0.1, 0.15) is 11.0 Å². The second kappa shape index (κ2) is 6.31. The summed E-state index contributed by atoms with van der Waals surface area (Å²) in [7, 11) is 0. The predicted octanol–water partition coefficient (Wildman–Crippen LogP) is 4.55. The number of anilines is 2. The molecule has 1 N–H and O–H groups in total. The average molecular weight is 369 g/mol. The molecule has 0 aliphatic carbocycles. The molecular formula is C18H13ClN4OS. The van der Waals surface area contributed by atoms with Gasteiger partial charge in [-0.1, -0.05) is 52.8 Å². The number of halogens is 1. The van der Waals surface area contributed by atoms with E-state index in [0.29, 0.717) is 26.2 Å². The molecular weight excluding hydrogens is 356 g/mol. The number of para-hydroxylation sites is 1. The summed E-state index contributed by atoms with van der Waals surface area (Å²) in [6.45, 7) is 2.03. The van der Waals surface area contributed by atoms with Gasteiger partial charge in [-0.05, 0) is 31.2 Å². The van der Waals surface area contributed by atoms with E-state index in [9.17, 15) is 4.79 Å². The fourth-order valence-corrected chi connectivity index (χ4v) is 3.54. The number of aromatic nitrogens is 3. The van der Waals surface area contributed by atoms with Crippen LogP contribution in [-0.4, -0.2) is 14.5 Å². The van der Waals surface area contributed by atoms with Crippen LogP contribution in [0, 0.1) is 6.92 Å². The van der Waals surface area contributed by atoms with Crippen molar-refractivity contribution >= 4 is 44.1 Å². The van der Waals surface area contributed by atoms with Crippen molar-refractivity contribution in [2.45, 2.75) is 6.92 Å². The van der Waals surface area contributed by atoms with Gasteiger partial charge in [-0.2, -0.15) is 4.98 Å². The number of nitrogens with zero attached hydrogens (tertiary/aromatic N) is 3. The molecule has 2 aromatic carbocycles. The highest BCUT2D eigenvalue weighted by atomic mass is 35.5. The van der Waals surface area contributed by atoms with Crippen molar-refractivity contribution < 1.29 is 0 Å². The van der Waals surface area contributed by atoms with E-state index >= 15 is 0 Å². The normalized spacial score (nSPS) is 11.0. The molecule has 0 amide bonds. The summed E-state index contributed by atoms with van der Waals surface area (Å²) in [6.07, 6.45) is 1.46. The monoisotopic (exact) mass is 368 g/mol. The summed E-state index contributed by atoms with van der Waals surface area (Å²) >= 11 is 7.47. The van der Waals surface area contributed by atoms with E-state index in [0.717, 1.165) is 5.69 Å². The lowest BCUT2D eigenvalue weighted by molar-refractivity contribution is 0.962. The largest absolute Gasteiger partial charge is 0.331 e. The Morgan fingerprint density at radius 1 is 1.12 bits per heavy atom. The zero-order valence-corrected chi connectivity index (χ0v) is 14.8. The number of nitrogens with one attached hydrogen (secondary N) is 1. The number of benzene rings is 2. The average Bonchev–Trinajstić information content (AvgIpc) is 3.02. The van der Waals surface area contributed by atoms with Gasteiger partial charge in [0.15, 0.2) is 10.8 Å². The van der Waals surface area contributed by atoms with Gasteiger partial charge in [-0.25, -0.2) is 4.98 Å². The Labute approximate surface area is 152 Å². The summed E-state index contributed by atoms with van der Waals surface area (Å²) in [5.41, 5.74) is 2.93. The second-order valence-electron chi connectivity index (χ2n) is 5.53. The van der Waals surface area contributed by atoms with Crippen molar-refractivity contribution in [3.8, 4) is 5.69 Å². The van der Waals surface area contributed by atoms with Crippen molar-refractivity contribution in [2.75, 3.05) is 5.32 Å². The van der Waals surface area contributed by atoms with Gasteiger partial charge in [0.05, 0.1) is 10.7 Å². The maximum atomic E-state index is 12.8. The number of hydrogen-bond donors (Lipinski definition) is 1. The first-order valence-electron chi connectivity index (χ1n) is 7.58. The van der Waals surface area contributed by atoms with Crippen LogP contribution >= 0.6 is 22.9 Å². The Kier molecular flexibility index (Phi) is 3.99. The summed E-state index contributed by atoms with van der Waals surface area (Å²) < 4.78 is 1.93. The van der Waals surface area contributed by atoms with Gasteiger partial charge >= 0.3 is 0 Å². The first-order valence-corrected chi connectivity index (χ1v) is 8.78. The van der Waals surface area contributed by atoms with Crippen LogP contribution in [0.15, 0.2) is 59.7 Å². The molecule has 0 radical (unpaired) electrons. The number of hydrogen-bond acceptors (Lipinski definition) is 5. The van der Waals surface area contributed by atoms with E-state index in [1.807, 2.05) is 43.3 Å². The van der Waals surface area contributed by atoms with Gasteiger partial charge in [0.2, 0.25) is 0 Å². The highest BCUT2D eigenvalue weighted by Crippen LogP contribution is 2.26. The van der Waals surface area contributed by atoms with E-state index in [4.69, 9.17) is 11.6 Å². The Morgan fingerprint density at radius 2 is 1.88 bits per heavy atom. The van der Waals surface area contributed by atoms with Crippen LogP contribution in [0.5, 0.6) is 0 Å². The lowest BCUT2D eigenvalue weighted by Crippen LogP contribution is -2.18. The van der Waals surface area contributed by atoms with Crippen molar-refractivity contribution in [1.82, 2.24) is 14.5 Å². The van der Waals surface area contributed by atoms with E-state index in [2.05, 4.69) is 15.3 Å². The van der Waals surface area contributed by atoms with Crippen LogP contribution in [0.4, 0.5) is 10.8 Å². The third-order valence-electron chi connectivity index (χ3n) is 3.73. The minimum Gasteiger partial charge on any atom is -0.331 e. The SMILES string of the molecule is Cc1ccc(Nc2nc3ncn(-c4ccccc4Cl)c(=O)c3s2)cc1. The molecule has 4 aromatic rings. The Balaban J connectivity index is 1.76. The molecule has 0 saturated carbocycles. The quantitative estimate of drug-likeness (QED) is 0.576. The molecule has 124 valence electrons. The topological polar surface area (TPSA) is 59.8 Å². The number of rotatable bonds is 3. The Morgan fingerprint density at radius 3 is 2.64 bits per heavy atom. The summed E-state index contributed by atoms with van der Waals surface area (Å²) in [4.78, 5) is 21.5. The molecule has 7 heteroatoms. The minimum absolute atomic E-state index is 0.187. The van der Waals surface area contributed by atoms with Crippen molar-refractivity contribution in [3.63, 3.8) is 0 Å². The maximum absolute atomic E-state index is 12.8. The van der Waals surface area contributed by atoms with Gasteiger partial charge in [-0.3, -0.25) is 9.36 Å². The zero-order valence-electron chi connectivity index (χ0n) is 13.2. The summed E-state index contributed by atoms with van der Waals surface area (Å²) in [6, 6.07) is 15.1. The fourth-order valence-electron chi connectivity index (χ4n) is 2.45. The summed E-state index contributed by atoms with van der Waals surface area (Å²) in [5.74, 6) is 0. The van der Waals surface area contributed by atoms with E-state index < -0.39 is 0 Å². The van der Waals surface area contributed by atoms with Crippen LogP contribution in [0.3, 0.4) is 0 Å². The maximum Gasteiger partial charge on any atom is 0.277 e. The molecule has 2 heterocycles. The standard InChI is InChI=1S/C18H13ClN4OS/c1-11-6-8-12(9-7-11)21-18-22-16-15(25-18)17(24)23(10-20-16)14-5-3-2-4-13(14)19/h2-10H,1H3,(H,21,22). The molecule has 0 atom stereocenters. The predicted molar refractivity (Wildman–Crippen MR) is 102 cm³/mol.